The summed E-state index contributed by atoms with van der Waals surface area (Å²) >= 11 is 0. The third-order valence-electron chi connectivity index (χ3n) is 4.50. The Balaban J connectivity index is 1.93. The van der Waals surface area contributed by atoms with Gasteiger partial charge in [0.1, 0.15) is 5.82 Å². The molecule has 4 atom stereocenters. The predicted octanol–water partition coefficient (Wildman–Crippen LogP) is 2.98. The fourth-order valence-electron chi connectivity index (χ4n) is 3.09. The van der Waals surface area contributed by atoms with E-state index in [4.69, 9.17) is 5.73 Å². The first-order valence-electron chi connectivity index (χ1n) is 7.58. The highest BCUT2D eigenvalue weighted by atomic mass is 19.1. The lowest BCUT2D eigenvalue weighted by atomic mass is 9.91. The van der Waals surface area contributed by atoms with E-state index in [9.17, 15) is 4.39 Å². The van der Waals surface area contributed by atoms with E-state index in [1.165, 1.54) is 25.1 Å². The van der Waals surface area contributed by atoms with Crippen LogP contribution in [0.4, 0.5) is 4.39 Å². The summed E-state index contributed by atoms with van der Waals surface area (Å²) in [5.74, 6) is 0.819. The average Bonchev–Trinajstić information content (AvgIpc) is 2.42. The summed E-state index contributed by atoms with van der Waals surface area (Å²) in [6.07, 6.45) is 3.77. The maximum atomic E-state index is 12.9. The van der Waals surface area contributed by atoms with Gasteiger partial charge in [0.15, 0.2) is 0 Å². The SMILES string of the molecule is CC1CCN(CC(C)C(N)c2ccc(F)cn2)C(C)C1. The molecular formula is C16H26FN3. The smallest absolute Gasteiger partial charge is 0.141 e. The predicted molar refractivity (Wildman–Crippen MR) is 79.7 cm³/mol. The van der Waals surface area contributed by atoms with Gasteiger partial charge in [0.25, 0.3) is 0 Å². The molecule has 2 N–H and O–H groups in total. The number of pyridine rings is 1. The lowest BCUT2D eigenvalue weighted by Crippen LogP contribution is -2.44. The summed E-state index contributed by atoms with van der Waals surface area (Å²) in [4.78, 5) is 6.63. The molecule has 1 saturated heterocycles. The summed E-state index contributed by atoms with van der Waals surface area (Å²) in [7, 11) is 0. The zero-order chi connectivity index (χ0) is 14.7. The van der Waals surface area contributed by atoms with Gasteiger partial charge in [0.2, 0.25) is 0 Å². The first-order chi connectivity index (χ1) is 9.47. The molecule has 1 aliphatic rings. The van der Waals surface area contributed by atoms with E-state index in [1.54, 1.807) is 6.07 Å². The number of likely N-dealkylation sites (tertiary alicyclic amines) is 1. The van der Waals surface area contributed by atoms with Crippen LogP contribution in [0, 0.1) is 17.7 Å². The van der Waals surface area contributed by atoms with Crippen LogP contribution in [0.3, 0.4) is 0 Å². The molecule has 1 aromatic rings. The number of hydrogen-bond donors (Lipinski definition) is 1. The normalized spacial score (nSPS) is 27.2. The molecule has 0 saturated carbocycles. The van der Waals surface area contributed by atoms with Crippen molar-refractivity contribution in [1.29, 1.82) is 0 Å². The Labute approximate surface area is 121 Å². The standard InChI is InChI=1S/C16H26FN3/c1-11-6-7-20(13(3)8-11)10-12(2)16(18)15-5-4-14(17)9-19-15/h4-5,9,11-13,16H,6-8,10,18H2,1-3H3. The highest BCUT2D eigenvalue weighted by molar-refractivity contribution is 5.10. The van der Waals surface area contributed by atoms with Crippen molar-refractivity contribution in [3.63, 3.8) is 0 Å². The van der Waals surface area contributed by atoms with Crippen LogP contribution in [0.25, 0.3) is 0 Å². The molecule has 2 rings (SSSR count). The second-order valence-electron chi connectivity index (χ2n) is 6.38. The fourth-order valence-corrected chi connectivity index (χ4v) is 3.09. The van der Waals surface area contributed by atoms with Gasteiger partial charge in [-0.05, 0) is 50.3 Å². The molecule has 0 radical (unpaired) electrons. The Kier molecular flexibility index (Phi) is 5.11. The molecule has 3 nitrogen and oxygen atoms in total. The third-order valence-corrected chi connectivity index (χ3v) is 4.50. The number of halogens is 1. The van der Waals surface area contributed by atoms with Crippen molar-refractivity contribution in [2.75, 3.05) is 13.1 Å². The Hall–Kier alpha value is -1.00. The number of piperidine rings is 1. The first-order valence-corrected chi connectivity index (χ1v) is 7.58. The number of nitrogens with two attached hydrogens (primary N) is 1. The Morgan fingerprint density at radius 2 is 2.20 bits per heavy atom. The molecule has 0 aromatic carbocycles. The van der Waals surface area contributed by atoms with Crippen molar-refractivity contribution >= 4 is 0 Å². The van der Waals surface area contributed by atoms with Gasteiger partial charge in [0.05, 0.1) is 17.9 Å². The molecule has 1 aliphatic heterocycles. The van der Waals surface area contributed by atoms with Crippen molar-refractivity contribution in [2.24, 2.45) is 17.6 Å². The van der Waals surface area contributed by atoms with Crippen LogP contribution in [0.15, 0.2) is 18.3 Å². The van der Waals surface area contributed by atoms with Crippen LogP contribution in [0.2, 0.25) is 0 Å². The van der Waals surface area contributed by atoms with E-state index in [-0.39, 0.29) is 11.9 Å². The van der Waals surface area contributed by atoms with Crippen molar-refractivity contribution < 1.29 is 4.39 Å². The Morgan fingerprint density at radius 1 is 1.45 bits per heavy atom. The molecule has 20 heavy (non-hydrogen) atoms. The molecule has 0 bridgehead atoms. The van der Waals surface area contributed by atoms with Crippen molar-refractivity contribution in [3.05, 3.63) is 29.8 Å². The van der Waals surface area contributed by atoms with Crippen LogP contribution in [0.1, 0.15) is 45.3 Å². The Bertz CT molecular complexity index is 420. The van der Waals surface area contributed by atoms with E-state index in [1.807, 2.05) is 0 Å². The van der Waals surface area contributed by atoms with E-state index in [2.05, 4.69) is 30.7 Å². The topological polar surface area (TPSA) is 42.1 Å². The minimum absolute atomic E-state index is 0.137. The van der Waals surface area contributed by atoms with Gasteiger partial charge >= 0.3 is 0 Å². The summed E-state index contributed by atoms with van der Waals surface area (Å²) < 4.78 is 12.9. The number of aromatic nitrogens is 1. The molecule has 0 aliphatic carbocycles. The van der Waals surface area contributed by atoms with Crippen LogP contribution in [-0.2, 0) is 0 Å². The fraction of sp³-hybridized carbons (Fsp3) is 0.688. The summed E-state index contributed by atoms with van der Waals surface area (Å²) in [5.41, 5.74) is 7.04. The third kappa shape index (κ3) is 3.76. The molecule has 0 spiro atoms. The van der Waals surface area contributed by atoms with E-state index in [0.717, 1.165) is 24.7 Å². The van der Waals surface area contributed by atoms with Crippen LogP contribution >= 0.6 is 0 Å². The van der Waals surface area contributed by atoms with Gasteiger partial charge < -0.3 is 10.6 Å². The number of nitrogens with zero attached hydrogens (tertiary/aromatic N) is 2. The zero-order valence-electron chi connectivity index (χ0n) is 12.7. The zero-order valence-corrected chi connectivity index (χ0v) is 12.7. The second-order valence-corrected chi connectivity index (χ2v) is 6.38. The lowest BCUT2D eigenvalue weighted by Gasteiger charge is -2.38. The van der Waals surface area contributed by atoms with Crippen LogP contribution in [-0.4, -0.2) is 29.0 Å². The number of rotatable bonds is 4. The van der Waals surface area contributed by atoms with Gasteiger partial charge in [-0.25, -0.2) is 4.39 Å². The largest absolute Gasteiger partial charge is 0.322 e. The summed E-state index contributed by atoms with van der Waals surface area (Å²) in [6, 6.07) is 3.61. The number of hydrogen-bond acceptors (Lipinski definition) is 3. The lowest BCUT2D eigenvalue weighted by molar-refractivity contribution is 0.107. The Morgan fingerprint density at radius 3 is 2.80 bits per heavy atom. The molecule has 112 valence electrons. The molecule has 1 aromatic heterocycles. The van der Waals surface area contributed by atoms with Crippen molar-refractivity contribution in [1.82, 2.24) is 9.88 Å². The van der Waals surface area contributed by atoms with Gasteiger partial charge in [-0.1, -0.05) is 13.8 Å². The monoisotopic (exact) mass is 279 g/mol. The summed E-state index contributed by atoms with van der Waals surface area (Å²) in [5, 5.41) is 0. The van der Waals surface area contributed by atoms with E-state index >= 15 is 0 Å². The van der Waals surface area contributed by atoms with Gasteiger partial charge in [-0.2, -0.15) is 0 Å². The molecule has 0 amide bonds. The highest BCUT2D eigenvalue weighted by Gasteiger charge is 2.26. The maximum absolute atomic E-state index is 12.9. The van der Waals surface area contributed by atoms with E-state index in [0.29, 0.717) is 12.0 Å². The van der Waals surface area contributed by atoms with E-state index < -0.39 is 0 Å². The molecule has 4 heteroatoms. The molecular weight excluding hydrogens is 253 g/mol. The first kappa shape index (κ1) is 15.4. The van der Waals surface area contributed by atoms with Crippen LogP contribution in [0.5, 0.6) is 0 Å². The average molecular weight is 279 g/mol. The maximum Gasteiger partial charge on any atom is 0.141 e. The van der Waals surface area contributed by atoms with Gasteiger partial charge in [0, 0.05) is 12.6 Å². The van der Waals surface area contributed by atoms with Crippen molar-refractivity contribution in [2.45, 2.75) is 45.7 Å². The minimum atomic E-state index is -0.313. The molecule has 2 heterocycles. The second kappa shape index (κ2) is 6.64. The minimum Gasteiger partial charge on any atom is -0.322 e. The van der Waals surface area contributed by atoms with Crippen molar-refractivity contribution in [3.8, 4) is 0 Å². The quantitative estimate of drug-likeness (QED) is 0.921. The highest BCUT2D eigenvalue weighted by Crippen LogP contribution is 2.25. The molecule has 4 unspecified atom stereocenters. The summed E-state index contributed by atoms with van der Waals surface area (Å²) in [6.45, 7) is 8.90. The van der Waals surface area contributed by atoms with Gasteiger partial charge in [-0.3, -0.25) is 4.98 Å². The van der Waals surface area contributed by atoms with Crippen LogP contribution < -0.4 is 5.73 Å². The van der Waals surface area contributed by atoms with Gasteiger partial charge in [-0.15, -0.1) is 0 Å². The molecule has 1 fully saturated rings.